The Hall–Kier alpha value is -2.73. The highest BCUT2D eigenvalue weighted by atomic mass is 35.5. The van der Waals surface area contributed by atoms with Crippen LogP contribution in [-0.2, 0) is 24.9 Å². The van der Waals surface area contributed by atoms with Crippen LogP contribution in [0.15, 0.2) is 33.9 Å². The summed E-state index contributed by atoms with van der Waals surface area (Å²) >= 11 is 6.05. The third kappa shape index (κ3) is 5.17. The molecule has 1 aromatic heterocycles. The van der Waals surface area contributed by atoms with Crippen molar-refractivity contribution in [1.29, 1.82) is 0 Å². The van der Waals surface area contributed by atoms with Crippen molar-refractivity contribution in [2.24, 2.45) is 13.0 Å². The molecule has 0 bridgehead atoms. The van der Waals surface area contributed by atoms with Gasteiger partial charge in [0.15, 0.2) is 6.17 Å². The van der Waals surface area contributed by atoms with E-state index in [0.717, 1.165) is 10.1 Å². The van der Waals surface area contributed by atoms with E-state index in [0.29, 0.717) is 42.0 Å². The molecule has 1 aliphatic heterocycles. The fraction of sp³-hybridized carbons (Fsp3) is 0.520. The van der Waals surface area contributed by atoms with E-state index in [-0.39, 0.29) is 19.3 Å². The maximum atomic E-state index is 13.2. The second-order valence-corrected chi connectivity index (χ2v) is 9.37. The van der Waals surface area contributed by atoms with Crippen LogP contribution in [0.1, 0.15) is 38.2 Å². The van der Waals surface area contributed by atoms with Gasteiger partial charge in [-0.1, -0.05) is 42.0 Å². The molecular weight excluding hydrogens is 456 g/mol. The van der Waals surface area contributed by atoms with Gasteiger partial charge in [0, 0.05) is 31.8 Å². The number of nitrogens with zero attached hydrogens (tertiary/aromatic N) is 3. The molecule has 1 aliphatic carbocycles. The Morgan fingerprint density at radius 1 is 1.26 bits per heavy atom. The number of rotatable bonds is 8. The summed E-state index contributed by atoms with van der Waals surface area (Å²) in [7, 11) is 1.65. The first-order valence-electron chi connectivity index (χ1n) is 11.7. The lowest BCUT2D eigenvalue weighted by Gasteiger charge is -2.26. The van der Waals surface area contributed by atoms with Crippen LogP contribution in [0.5, 0.6) is 0 Å². The zero-order valence-electron chi connectivity index (χ0n) is 19.6. The third-order valence-corrected chi connectivity index (χ3v) is 6.67. The molecule has 1 aromatic carbocycles. The number of ether oxygens (including phenoxy) is 1. The van der Waals surface area contributed by atoms with Gasteiger partial charge >= 0.3 is 5.69 Å². The van der Waals surface area contributed by atoms with Crippen LogP contribution < -0.4 is 21.5 Å². The maximum absolute atomic E-state index is 13.2. The number of fused-ring (bicyclic) bond motifs is 1. The normalized spacial score (nSPS) is 18.0. The predicted molar refractivity (Wildman–Crippen MR) is 133 cm³/mol. The van der Waals surface area contributed by atoms with Gasteiger partial charge in [-0.15, -0.1) is 0 Å². The quantitative estimate of drug-likeness (QED) is 0.557. The molecule has 9 heteroatoms. The molecule has 2 atom stereocenters. The Morgan fingerprint density at radius 3 is 2.65 bits per heavy atom. The zero-order valence-corrected chi connectivity index (χ0v) is 20.3. The number of halogens is 1. The van der Waals surface area contributed by atoms with Crippen molar-refractivity contribution >= 4 is 23.1 Å². The first-order valence-corrected chi connectivity index (χ1v) is 12.1. The lowest BCUT2D eigenvalue weighted by Crippen LogP contribution is -2.41. The van der Waals surface area contributed by atoms with E-state index in [1.54, 1.807) is 7.05 Å². The van der Waals surface area contributed by atoms with Gasteiger partial charge in [0.25, 0.3) is 5.56 Å². The van der Waals surface area contributed by atoms with Crippen molar-refractivity contribution in [3.05, 3.63) is 55.7 Å². The largest absolute Gasteiger partial charge is 0.396 e. The summed E-state index contributed by atoms with van der Waals surface area (Å²) in [5, 5.41) is 13.0. The molecule has 0 spiro atoms. The fourth-order valence-electron chi connectivity index (χ4n) is 4.23. The fourth-order valence-corrected chi connectivity index (χ4v) is 4.35. The van der Waals surface area contributed by atoms with Crippen molar-refractivity contribution in [3.63, 3.8) is 0 Å². The van der Waals surface area contributed by atoms with Gasteiger partial charge < -0.3 is 20.1 Å². The number of aliphatic hydroxyl groups is 1. The van der Waals surface area contributed by atoms with E-state index in [1.165, 1.54) is 23.8 Å². The topological polar surface area (TPSA) is 88.7 Å². The molecule has 0 saturated heterocycles. The minimum absolute atomic E-state index is 0.102. The van der Waals surface area contributed by atoms with Crippen LogP contribution in [0.4, 0.5) is 11.5 Å². The molecule has 34 heavy (non-hydrogen) atoms. The van der Waals surface area contributed by atoms with E-state index in [9.17, 15) is 14.7 Å². The molecule has 8 nitrogen and oxygen atoms in total. The minimum atomic E-state index is -0.507. The van der Waals surface area contributed by atoms with Gasteiger partial charge in [0.1, 0.15) is 17.6 Å². The summed E-state index contributed by atoms with van der Waals surface area (Å²) in [6.07, 6.45) is 3.27. The second kappa shape index (κ2) is 10.7. The summed E-state index contributed by atoms with van der Waals surface area (Å²) in [4.78, 5) is 28.1. The Bertz CT molecular complexity index is 1190. The molecule has 1 saturated carbocycles. The number of hydrogen-bond donors (Lipinski definition) is 2. The number of aliphatic hydroxyl groups excluding tert-OH is 1. The smallest absolute Gasteiger partial charge is 0.332 e. The van der Waals surface area contributed by atoms with Crippen LogP contribution in [0.2, 0.25) is 5.02 Å². The standard InChI is InChI=1S/C25H31ClN4O4/c1-17(34-16-19-5-3-6-19)7-12-21-27-22-23(30(21)15-18-8-10-20(26)11-9-18)28(2)25(33)29(24(22)32)13-4-14-31/h8-11,17,19,21,27,31H,3-6,13-16H2,1-2H3. The van der Waals surface area contributed by atoms with Crippen molar-refractivity contribution in [1.82, 2.24) is 9.13 Å². The molecule has 2 heterocycles. The Kier molecular flexibility index (Phi) is 7.67. The highest BCUT2D eigenvalue weighted by Gasteiger charge is 2.34. The van der Waals surface area contributed by atoms with Crippen molar-refractivity contribution < 1.29 is 9.84 Å². The summed E-state index contributed by atoms with van der Waals surface area (Å²) < 4.78 is 8.52. The predicted octanol–water partition coefficient (Wildman–Crippen LogP) is 2.55. The Labute approximate surface area is 204 Å². The Balaban J connectivity index is 1.65. The number of aromatic nitrogens is 2. The van der Waals surface area contributed by atoms with Crippen LogP contribution in [-0.4, -0.2) is 39.7 Å². The van der Waals surface area contributed by atoms with E-state index >= 15 is 0 Å². The van der Waals surface area contributed by atoms with Crippen molar-refractivity contribution in [3.8, 4) is 11.8 Å². The number of nitrogens with one attached hydrogen (secondary N) is 1. The molecule has 0 radical (unpaired) electrons. The van der Waals surface area contributed by atoms with Crippen LogP contribution in [0, 0.1) is 17.8 Å². The highest BCUT2D eigenvalue weighted by molar-refractivity contribution is 6.30. The van der Waals surface area contributed by atoms with E-state index in [1.807, 2.05) is 36.1 Å². The van der Waals surface area contributed by atoms with Gasteiger partial charge in [-0.2, -0.15) is 0 Å². The Morgan fingerprint density at radius 2 is 2.00 bits per heavy atom. The van der Waals surface area contributed by atoms with E-state index < -0.39 is 17.4 Å². The number of benzene rings is 1. The highest BCUT2D eigenvalue weighted by Crippen LogP contribution is 2.32. The first kappa shape index (κ1) is 24.4. The average molecular weight is 487 g/mol. The molecule has 2 aliphatic rings. The summed E-state index contributed by atoms with van der Waals surface area (Å²) in [6.45, 7) is 3.12. The minimum Gasteiger partial charge on any atom is -0.396 e. The van der Waals surface area contributed by atoms with Crippen molar-refractivity contribution in [2.45, 2.75) is 58.0 Å². The molecule has 0 amide bonds. The van der Waals surface area contributed by atoms with Crippen LogP contribution in [0.25, 0.3) is 0 Å². The van der Waals surface area contributed by atoms with Gasteiger partial charge in [-0.05, 0) is 49.8 Å². The number of anilines is 2. The number of hydrogen-bond acceptors (Lipinski definition) is 6. The van der Waals surface area contributed by atoms with Gasteiger partial charge in [-0.25, -0.2) is 4.79 Å². The lowest BCUT2D eigenvalue weighted by molar-refractivity contribution is 0.0478. The van der Waals surface area contributed by atoms with Crippen LogP contribution in [0.3, 0.4) is 0 Å². The molecule has 182 valence electrons. The average Bonchev–Trinajstić information content (AvgIpc) is 3.15. The third-order valence-electron chi connectivity index (χ3n) is 6.42. The monoisotopic (exact) mass is 486 g/mol. The first-order chi connectivity index (χ1) is 16.4. The molecular formula is C25H31ClN4O4. The summed E-state index contributed by atoms with van der Waals surface area (Å²) in [6, 6.07) is 7.44. The molecule has 4 rings (SSSR count). The maximum Gasteiger partial charge on any atom is 0.332 e. The SMILES string of the molecule is CC(C#CC1Nc2c(n(C)c(=O)n(CCCO)c2=O)N1Cc1ccc(Cl)cc1)OCC1CCC1. The van der Waals surface area contributed by atoms with Gasteiger partial charge in [0.2, 0.25) is 0 Å². The van der Waals surface area contributed by atoms with Crippen molar-refractivity contribution in [2.75, 3.05) is 23.4 Å². The van der Waals surface area contributed by atoms with Gasteiger partial charge in [-0.3, -0.25) is 13.9 Å². The summed E-state index contributed by atoms with van der Waals surface area (Å²) in [5.74, 6) is 7.50. The summed E-state index contributed by atoms with van der Waals surface area (Å²) in [5.41, 5.74) is 0.463. The molecule has 2 aromatic rings. The van der Waals surface area contributed by atoms with E-state index in [2.05, 4.69) is 17.2 Å². The van der Waals surface area contributed by atoms with Crippen LogP contribution >= 0.6 is 11.6 Å². The van der Waals surface area contributed by atoms with E-state index in [4.69, 9.17) is 16.3 Å². The lowest BCUT2D eigenvalue weighted by atomic mass is 9.86. The second-order valence-electron chi connectivity index (χ2n) is 8.94. The molecule has 2 unspecified atom stereocenters. The molecule has 2 N–H and O–H groups in total. The zero-order chi connectivity index (χ0) is 24.2. The van der Waals surface area contributed by atoms with Gasteiger partial charge in [0.05, 0.1) is 6.61 Å². The molecule has 1 fully saturated rings.